The monoisotopic (exact) mass is 510 g/mol. The molecule has 0 amide bonds. The SMILES string of the molecule is CCCSc1nc(N[C@@H]2C[C@H]2c2ccccc2)c2nnn([C@H]3C[C@@H](C(=O)O)[C@@H]4OC(C)(C)O[C@@H]43)c2n1. The number of fused-ring (bicyclic) bond motifs is 2. The highest BCUT2D eigenvalue weighted by molar-refractivity contribution is 7.99. The summed E-state index contributed by atoms with van der Waals surface area (Å²) in [6.45, 7) is 5.74. The first-order chi connectivity index (χ1) is 17.3. The van der Waals surface area contributed by atoms with Gasteiger partial charge < -0.3 is 19.9 Å². The molecule has 1 aromatic carbocycles. The van der Waals surface area contributed by atoms with Crippen LogP contribution in [0.4, 0.5) is 5.82 Å². The molecule has 11 heteroatoms. The molecule has 2 aromatic heterocycles. The molecular weight excluding hydrogens is 480 g/mol. The number of ether oxygens (including phenoxy) is 2. The number of carbonyl (C=O) groups is 1. The van der Waals surface area contributed by atoms with Gasteiger partial charge in [0.15, 0.2) is 27.9 Å². The number of hydrogen-bond donors (Lipinski definition) is 2. The van der Waals surface area contributed by atoms with E-state index in [1.54, 1.807) is 16.4 Å². The number of benzene rings is 1. The van der Waals surface area contributed by atoms with Crippen molar-refractivity contribution in [2.45, 2.75) is 81.2 Å². The summed E-state index contributed by atoms with van der Waals surface area (Å²) in [4.78, 5) is 21.6. The molecule has 0 unspecified atom stereocenters. The van der Waals surface area contributed by atoms with Gasteiger partial charge in [-0.25, -0.2) is 14.6 Å². The van der Waals surface area contributed by atoms with Gasteiger partial charge in [0.1, 0.15) is 12.2 Å². The average Bonchev–Trinajstić information content (AvgIpc) is 3.17. The third-order valence-corrected chi connectivity index (χ3v) is 8.20. The maximum absolute atomic E-state index is 12.0. The third kappa shape index (κ3) is 4.22. The minimum Gasteiger partial charge on any atom is -0.481 e. The summed E-state index contributed by atoms with van der Waals surface area (Å²) in [5.41, 5.74) is 2.48. The van der Waals surface area contributed by atoms with Crippen LogP contribution in [-0.4, -0.2) is 65.8 Å². The van der Waals surface area contributed by atoms with Gasteiger partial charge in [-0.2, -0.15) is 0 Å². The molecule has 3 heterocycles. The van der Waals surface area contributed by atoms with Gasteiger partial charge in [0.2, 0.25) is 0 Å². The summed E-state index contributed by atoms with van der Waals surface area (Å²) in [5, 5.41) is 23.0. The Labute approximate surface area is 213 Å². The highest BCUT2D eigenvalue weighted by Gasteiger charge is 2.57. The Hall–Kier alpha value is -2.76. The van der Waals surface area contributed by atoms with Gasteiger partial charge in [0.05, 0.1) is 12.0 Å². The zero-order valence-electron chi connectivity index (χ0n) is 20.5. The van der Waals surface area contributed by atoms with Gasteiger partial charge in [-0.05, 0) is 38.7 Å². The first kappa shape index (κ1) is 23.6. The van der Waals surface area contributed by atoms with Crippen LogP contribution in [0.5, 0.6) is 0 Å². The molecule has 6 atom stereocenters. The number of rotatable bonds is 8. The lowest BCUT2D eigenvalue weighted by Crippen LogP contribution is -2.30. The van der Waals surface area contributed by atoms with Crippen molar-refractivity contribution in [3.05, 3.63) is 35.9 Å². The summed E-state index contributed by atoms with van der Waals surface area (Å²) in [7, 11) is 0. The van der Waals surface area contributed by atoms with Crippen molar-refractivity contribution in [3.63, 3.8) is 0 Å². The quantitative estimate of drug-likeness (QED) is 0.341. The van der Waals surface area contributed by atoms with E-state index < -0.39 is 29.9 Å². The van der Waals surface area contributed by atoms with Crippen LogP contribution in [-0.2, 0) is 14.3 Å². The molecular formula is C25H30N6O4S. The van der Waals surface area contributed by atoms with Crippen LogP contribution in [0, 0.1) is 5.92 Å². The molecule has 2 N–H and O–H groups in total. The summed E-state index contributed by atoms with van der Waals surface area (Å²) in [6.07, 6.45) is 1.36. The first-order valence-electron chi connectivity index (χ1n) is 12.5. The van der Waals surface area contributed by atoms with E-state index in [4.69, 9.17) is 19.4 Å². The van der Waals surface area contributed by atoms with Crippen LogP contribution in [0.25, 0.3) is 11.2 Å². The smallest absolute Gasteiger partial charge is 0.309 e. The van der Waals surface area contributed by atoms with E-state index in [9.17, 15) is 9.90 Å². The molecule has 1 aliphatic heterocycles. The molecule has 3 fully saturated rings. The molecule has 0 bridgehead atoms. The number of carboxylic acid groups (broad SMARTS) is 1. The van der Waals surface area contributed by atoms with E-state index in [-0.39, 0.29) is 12.1 Å². The molecule has 0 radical (unpaired) electrons. The van der Waals surface area contributed by atoms with Gasteiger partial charge in [-0.1, -0.05) is 54.2 Å². The van der Waals surface area contributed by atoms with Gasteiger partial charge in [-0.3, -0.25) is 4.79 Å². The molecule has 1 saturated heterocycles. The van der Waals surface area contributed by atoms with Gasteiger partial charge in [0, 0.05) is 17.7 Å². The molecule has 36 heavy (non-hydrogen) atoms. The summed E-state index contributed by atoms with van der Waals surface area (Å²) in [5.74, 6) is -0.455. The van der Waals surface area contributed by atoms with Crippen molar-refractivity contribution >= 4 is 34.7 Å². The predicted octanol–water partition coefficient (Wildman–Crippen LogP) is 3.86. The Bertz CT molecular complexity index is 1280. The van der Waals surface area contributed by atoms with Crippen LogP contribution in [0.15, 0.2) is 35.5 Å². The Balaban J connectivity index is 1.35. The number of aliphatic carboxylic acids is 1. The maximum Gasteiger partial charge on any atom is 0.309 e. The maximum atomic E-state index is 12.0. The second-order valence-electron chi connectivity index (χ2n) is 10.2. The Kier molecular flexibility index (Phi) is 5.88. The van der Waals surface area contributed by atoms with Gasteiger partial charge >= 0.3 is 5.97 Å². The molecule has 2 saturated carbocycles. The fraction of sp³-hybridized carbons (Fsp3) is 0.560. The summed E-state index contributed by atoms with van der Waals surface area (Å²) < 4.78 is 13.9. The van der Waals surface area contributed by atoms with Crippen LogP contribution in [0.1, 0.15) is 57.6 Å². The fourth-order valence-corrected chi connectivity index (χ4v) is 6.12. The van der Waals surface area contributed by atoms with Gasteiger partial charge in [0.25, 0.3) is 0 Å². The zero-order valence-corrected chi connectivity index (χ0v) is 21.3. The number of hydrogen-bond acceptors (Lipinski definition) is 9. The molecule has 3 aliphatic rings. The Morgan fingerprint density at radius 3 is 2.72 bits per heavy atom. The number of nitrogens with zero attached hydrogens (tertiary/aromatic N) is 5. The highest BCUT2D eigenvalue weighted by atomic mass is 32.2. The van der Waals surface area contributed by atoms with Crippen molar-refractivity contribution in [1.29, 1.82) is 0 Å². The van der Waals surface area contributed by atoms with E-state index in [0.717, 1.165) is 18.6 Å². The lowest BCUT2D eigenvalue weighted by atomic mass is 10.1. The minimum atomic E-state index is -0.893. The molecule has 0 spiro atoms. The lowest BCUT2D eigenvalue weighted by Gasteiger charge is -2.22. The number of aromatic nitrogens is 5. The summed E-state index contributed by atoms with van der Waals surface area (Å²) >= 11 is 1.59. The van der Waals surface area contributed by atoms with Gasteiger partial charge in [-0.15, -0.1) is 5.10 Å². The van der Waals surface area contributed by atoms with Crippen molar-refractivity contribution < 1.29 is 19.4 Å². The van der Waals surface area contributed by atoms with Crippen molar-refractivity contribution in [2.75, 3.05) is 11.1 Å². The first-order valence-corrected chi connectivity index (χ1v) is 13.5. The zero-order chi connectivity index (χ0) is 25.0. The number of thioether (sulfide) groups is 1. The van der Waals surface area contributed by atoms with E-state index in [1.807, 2.05) is 19.9 Å². The predicted molar refractivity (Wildman–Crippen MR) is 134 cm³/mol. The van der Waals surface area contributed by atoms with Crippen LogP contribution in [0.3, 0.4) is 0 Å². The van der Waals surface area contributed by atoms with E-state index in [2.05, 4.69) is 46.8 Å². The Morgan fingerprint density at radius 2 is 1.97 bits per heavy atom. The van der Waals surface area contributed by atoms with Crippen molar-refractivity contribution in [2.24, 2.45) is 5.92 Å². The minimum absolute atomic E-state index is 0.263. The average molecular weight is 511 g/mol. The highest BCUT2D eigenvalue weighted by Crippen LogP contribution is 2.48. The summed E-state index contributed by atoms with van der Waals surface area (Å²) in [6, 6.07) is 10.4. The molecule has 6 rings (SSSR count). The number of carboxylic acids is 1. The Morgan fingerprint density at radius 1 is 1.19 bits per heavy atom. The number of anilines is 1. The lowest BCUT2D eigenvalue weighted by molar-refractivity contribution is -0.168. The van der Waals surface area contributed by atoms with Crippen LogP contribution in [0.2, 0.25) is 0 Å². The normalized spacial score (nSPS) is 30.4. The van der Waals surface area contributed by atoms with Crippen molar-refractivity contribution in [1.82, 2.24) is 25.0 Å². The molecule has 190 valence electrons. The second kappa shape index (κ2) is 8.97. The molecule has 3 aromatic rings. The van der Waals surface area contributed by atoms with E-state index in [1.165, 1.54) is 5.56 Å². The topological polar surface area (TPSA) is 124 Å². The third-order valence-electron chi connectivity index (χ3n) is 7.14. The largest absolute Gasteiger partial charge is 0.481 e. The fourth-order valence-electron chi connectivity index (χ4n) is 5.43. The van der Waals surface area contributed by atoms with Crippen LogP contribution >= 0.6 is 11.8 Å². The second-order valence-corrected chi connectivity index (χ2v) is 11.3. The molecule has 10 nitrogen and oxygen atoms in total. The van der Waals surface area contributed by atoms with E-state index >= 15 is 0 Å². The molecule has 2 aliphatic carbocycles. The van der Waals surface area contributed by atoms with E-state index in [0.29, 0.717) is 34.5 Å². The number of nitrogens with one attached hydrogen (secondary N) is 1. The van der Waals surface area contributed by atoms with Crippen LogP contribution < -0.4 is 5.32 Å². The van der Waals surface area contributed by atoms with Crippen molar-refractivity contribution in [3.8, 4) is 0 Å². The standard InChI is InChI=1S/C25H30N6O4S/c1-4-10-36-24-27-21(26-16-11-14(16)13-8-6-5-7-9-13)18-22(28-24)31(30-29-18)17-12-15(23(32)33)19-20(17)35-25(2,3)34-19/h5-9,14-17,19-20H,4,10-12H2,1-3H3,(H,32,33)(H,26,27,28)/t14-,15+,16+,17-,19-,20+/m0/s1.